The molecule has 0 aliphatic carbocycles. The molecule has 0 saturated heterocycles. The van der Waals surface area contributed by atoms with Crippen molar-refractivity contribution in [2.45, 2.75) is 71.6 Å². The number of hydrogen-bond donors (Lipinski definition) is 0. The molecule has 2 rings (SSSR count). The number of rotatable bonds is 13. The number of carbonyl (C=O) groups is 1. The third-order valence-corrected chi connectivity index (χ3v) is 4.63. The van der Waals surface area contributed by atoms with Crippen molar-refractivity contribution < 1.29 is 14.3 Å². The normalized spacial score (nSPS) is 13.4. The fourth-order valence-electron chi connectivity index (χ4n) is 2.98. The summed E-state index contributed by atoms with van der Waals surface area (Å²) in [7, 11) is 0. The number of benzene rings is 1. The third-order valence-electron chi connectivity index (χ3n) is 4.63. The Morgan fingerprint density at radius 3 is 2.68 bits per heavy atom. The van der Waals surface area contributed by atoms with Crippen LogP contribution in [0, 0.1) is 0 Å². The van der Waals surface area contributed by atoms with E-state index >= 15 is 0 Å². The molecule has 0 bridgehead atoms. The van der Waals surface area contributed by atoms with Gasteiger partial charge in [-0.1, -0.05) is 58.4 Å². The van der Waals surface area contributed by atoms with E-state index < -0.39 is 0 Å². The lowest BCUT2D eigenvalue weighted by Gasteiger charge is -2.22. The van der Waals surface area contributed by atoms with Crippen molar-refractivity contribution in [1.29, 1.82) is 0 Å². The van der Waals surface area contributed by atoms with E-state index in [1.807, 2.05) is 29.2 Å². The molecule has 28 heavy (non-hydrogen) atoms. The zero-order valence-corrected chi connectivity index (χ0v) is 17.4. The van der Waals surface area contributed by atoms with Crippen LogP contribution in [0.4, 0.5) is 5.69 Å². The Hall–Kier alpha value is -2.30. The average molecular weight is 387 g/mol. The van der Waals surface area contributed by atoms with E-state index in [1.165, 1.54) is 32.1 Å². The minimum atomic E-state index is -0.233. The molecule has 5 heteroatoms. The van der Waals surface area contributed by atoms with Crippen LogP contribution >= 0.6 is 0 Å². The molecule has 0 unspecified atom stereocenters. The molecule has 1 aromatic rings. The molecule has 0 spiro atoms. The summed E-state index contributed by atoms with van der Waals surface area (Å²) >= 11 is 0. The quantitative estimate of drug-likeness (QED) is 0.315. The Balaban J connectivity index is 1.83. The van der Waals surface area contributed by atoms with Crippen LogP contribution in [-0.4, -0.2) is 25.3 Å². The molecule has 0 atom stereocenters. The number of unbranched alkanes of at least 4 members (excludes halogenated alkanes) is 6. The molecular weight excluding hydrogens is 352 g/mol. The highest BCUT2D eigenvalue weighted by molar-refractivity contribution is 5.74. The number of nitrogens with zero attached hydrogens (tertiary/aromatic N) is 2. The summed E-state index contributed by atoms with van der Waals surface area (Å²) in [6.45, 7) is 5.66. The number of carbonyl (C=O) groups excluding carboxylic acids is 1. The van der Waals surface area contributed by atoms with Crippen molar-refractivity contribution in [3.8, 4) is 5.75 Å². The van der Waals surface area contributed by atoms with Gasteiger partial charge in [0.25, 0.3) is 0 Å². The Kier molecular flexibility index (Phi) is 10.2. The molecule has 1 heterocycles. The Labute approximate surface area is 169 Å². The summed E-state index contributed by atoms with van der Waals surface area (Å²) in [5.41, 5.74) is 0.994. The van der Waals surface area contributed by atoms with Crippen LogP contribution in [0.2, 0.25) is 0 Å². The summed E-state index contributed by atoms with van der Waals surface area (Å²) < 4.78 is 11.3. The van der Waals surface area contributed by atoms with Crippen LogP contribution in [0.3, 0.4) is 0 Å². The first-order chi connectivity index (χ1) is 13.7. The summed E-state index contributed by atoms with van der Waals surface area (Å²) in [6, 6.07) is 8.00. The smallest absolute Gasteiger partial charge is 0.312 e. The molecule has 0 aromatic heterocycles. The zero-order chi connectivity index (χ0) is 20.0. The second-order valence-electron chi connectivity index (χ2n) is 7.12. The topological polar surface area (TPSA) is 51.1 Å². The lowest BCUT2D eigenvalue weighted by Crippen LogP contribution is -2.23. The molecule has 1 aliphatic rings. The summed E-state index contributed by atoms with van der Waals surface area (Å²) in [4.78, 5) is 18.0. The monoisotopic (exact) mass is 386 g/mol. The Bertz CT molecular complexity index is 655. The van der Waals surface area contributed by atoms with Crippen molar-refractivity contribution in [1.82, 2.24) is 0 Å². The van der Waals surface area contributed by atoms with E-state index in [1.54, 1.807) is 12.4 Å². The van der Waals surface area contributed by atoms with E-state index in [0.29, 0.717) is 18.8 Å². The molecule has 0 fully saturated rings. The summed E-state index contributed by atoms with van der Waals surface area (Å²) in [5.74, 6) is 0.970. The van der Waals surface area contributed by atoms with Gasteiger partial charge < -0.3 is 14.4 Å². The molecule has 0 amide bonds. The minimum absolute atomic E-state index is 0.233. The average Bonchev–Trinajstić information content (AvgIpc) is 2.72. The van der Waals surface area contributed by atoms with Gasteiger partial charge in [-0.05, 0) is 25.0 Å². The predicted molar refractivity (Wildman–Crippen MR) is 115 cm³/mol. The van der Waals surface area contributed by atoms with Gasteiger partial charge in [0.05, 0.1) is 19.4 Å². The maximum absolute atomic E-state index is 11.8. The molecule has 0 radical (unpaired) electrons. The predicted octanol–water partition coefficient (Wildman–Crippen LogP) is 5.85. The highest BCUT2D eigenvalue weighted by Crippen LogP contribution is 2.24. The lowest BCUT2D eigenvalue weighted by molar-refractivity contribution is -0.139. The third kappa shape index (κ3) is 8.15. The van der Waals surface area contributed by atoms with Crippen LogP contribution in [0.15, 0.2) is 41.3 Å². The molecule has 1 aliphatic heterocycles. The van der Waals surface area contributed by atoms with Gasteiger partial charge in [0, 0.05) is 24.4 Å². The largest absolute Gasteiger partial charge is 0.494 e. The standard InChI is InChI=1S/C23H34N2O3/c1-3-5-7-8-9-10-17-27-21-13-11-12-20(18-21)25-16-15-24-22(19-25)28-23(26)14-6-4-2/h11-13,15,18-19H,3-10,14,16-17H2,1-2H3. The molecular formula is C23H34N2O3. The number of ether oxygens (including phenoxy) is 2. The molecule has 0 saturated carbocycles. The summed E-state index contributed by atoms with van der Waals surface area (Å²) in [5, 5.41) is 0. The highest BCUT2D eigenvalue weighted by Gasteiger charge is 2.13. The van der Waals surface area contributed by atoms with Gasteiger partial charge >= 0.3 is 5.97 Å². The Morgan fingerprint density at radius 1 is 1.07 bits per heavy atom. The van der Waals surface area contributed by atoms with E-state index in [-0.39, 0.29) is 5.97 Å². The summed E-state index contributed by atoms with van der Waals surface area (Å²) in [6.07, 6.45) is 13.3. The highest BCUT2D eigenvalue weighted by atomic mass is 16.5. The number of anilines is 1. The van der Waals surface area contributed by atoms with Crippen molar-refractivity contribution in [3.05, 3.63) is 36.3 Å². The zero-order valence-electron chi connectivity index (χ0n) is 17.4. The minimum Gasteiger partial charge on any atom is -0.494 e. The number of esters is 1. The molecule has 5 nitrogen and oxygen atoms in total. The van der Waals surface area contributed by atoms with E-state index in [2.05, 4.69) is 18.8 Å². The maximum atomic E-state index is 11.8. The van der Waals surface area contributed by atoms with Gasteiger partial charge in [-0.15, -0.1) is 0 Å². The first kappa shape index (κ1) is 22.0. The fourth-order valence-corrected chi connectivity index (χ4v) is 2.98. The molecule has 1 aromatic carbocycles. The fraction of sp³-hybridized carbons (Fsp3) is 0.565. The molecule has 154 valence electrons. The van der Waals surface area contributed by atoms with Gasteiger partial charge in [0.1, 0.15) is 5.75 Å². The van der Waals surface area contributed by atoms with Crippen LogP contribution in [-0.2, 0) is 9.53 Å². The van der Waals surface area contributed by atoms with Crippen LogP contribution in [0.25, 0.3) is 0 Å². The van der Waals surface area contributed by atoms with Crippen LogP contribution in [0.1, 0.15) is 71.6 Å². The van der Waals surface area contributed by atoms with Crippen LogP contribution < -0.4 is 9.64 Å². The van der Waals surface area contributed by atoms with E-state index in [4.69, 9.17) is 9.47 Å². The number of hydrogen-bond acceptors (Lipinski definition) is 5. The van der Waals surface area contributed by atoms with Gasteiger partial charge in [-0.25, -0.2) is 4.99 Å². The Morgan fingerprint density at radius 2 is 1.86 bits per heavy atom. The second kappa shape index (κ2) is 13.0. The van der Waals surface area contributed by atoms with Crippen molar-refractivity contribution in [2.24, 2.45) is 4.99 Å². The number of aliphatic imine (C=N–C) groups is 1. The second-order valence-corrected chi connectivity index (χ2v) is 7.12. The van der Waals surface area contributed by atoms with Crippen molar-refractivity contribution in [3.63, 3.8) is 0 Å². The molecule has 0 N–H and O–H groups in total. The SMILES string of the molecule is CCCCCCCCOc1cccc(N2C=C(OC(=O)CCCC)N=CC2)c1. The maximum Gasteiger partial charge on any atom is 0.312 e. The van der Waals surface area contributed by atoms with Gasteiger partial charge in [-0.3, -0.25) is 4.79 Å². The van der Waals surface area contributed by atoms with E-state index in [0.717, 1.165) is 37.3 Å². The van der Waals surface area contributed by atoms with Crippen molar-refractivity contribution >= 4 is 17.9 Å². The first-order valence-electron chi connectivity index (χ1n) is 10.7. The van der Waals surface area contributed by atoms with Crippen LogP contribution in [0.5, 0.6) is 5.75 Å². The first-order valence-corrected chi connectivity index (χ1v) is 10.7. The lowest BCUT2D eigenvalue weighted by atomic mass is 10.1. The van der Waals surface area contributed by atoms with Crippen molar-refractivity contribution in [2.75, 3.05) is 18.1 Å². The van der Waals surface area contributed by atoms with Gasteiger partial charge in [0.2, 0.25) is 5.88 Å². The van der Waals surface area contributed by atoms with E-state index in [9.17, 15) is 4.79 Å². The van der Waals surface area contributed by atoms with Gasteiger partial charge in [-0.2, -0.15) is 0 Å². The van der Waals surface area contributed by atoms with Gasteiger partial charge in [0.15, 0.2) is 0 Å².